The van der Waals surface area contributed by atoms with Gasteiger partial charge in [0.25, 0.3) is 0 Å². The molecular formula is C9H16FN5O2. The molecule has 1 aromatic rings. The Morgan fingerprint density at radius 1 is 1.65 bits per heavy atom. The molecular weight excluding hydrogens is 229 g/mol. The van der Waals surface area contributed by atoms with E-state index >= 15 is 0 Å². The molecule has 7 nitrogen and oxygen atoms in total. The lowest BCUT2D eigenvalue weighted by Gasteiger charge is -2.17. The second-order valence-electron chi connectivity index (χ2n) is 3.34. The first-order chi connectivity index (χ1) is 8.21. The second kappa shape index (κ2) is 6.94. The van der Waals surface area contributed by atoms with Crippen LogP contribution in [-0.4, -0.2) is 41.4 Å². The smallest absolute Gasteiger partial charge is 0.239 e. The Bertz CT molecular complexity index is 346. The molecule has 0 aromatic carbocycles. The lowest BCUT2D eigenvalue weighted by molar-refractivity contribution is 0.170. The van der Waals surface area contributed by atoms with Crippen LogP contribution in [0, 0.1) is 5.82 Å². The number of halogens is 1. The van der Waals surface area contributed by atoms with Crippen LogP contribution in [0.1, 0.15) is 6.42 Å². The van der Waals surface area contributed by atoms with Crippen molar-refractivity contribution in [2.45, 2.75) is 12.5 Å². The molecule has 1 aromatic heterocycles. The van der Waals surface area contributed by atoms with E-state index in [2.05, 4.69) is 20.7 Å². The van der Waals surface area contributed by atoms with Gasteiger partial charge in [-0.3, -0.25) is 5.43 Å². The van der Waals surface area contributed by atoms with E-state index in [0.717, 1.165) is 6.20 Å². The van der Waals surface area contributed by atoms with Crippen molar-refractivity contribution in [3.63, 3.8) is 0 Å². The molecule has 0 spiro atoms. The van der Waals surface area contributed by atoms with Crippen LogP contribution in [0.3, 0.4) is 0 Å². The Morgan fingerprint density at radius 2 is 2.41 bits per heavy atom. The number of nitrogens with one attached hydrogen (secondary N) is 2. The SMILES string of the molecule is COCC(CCO)Nc1nc(NN)ncc1F. The van der Waals surface area contributed by atoms with Gasteiger partial charge in [0.15, 0.2) is 11.6 Å². The highest BCUT2D eigenvalue weighted by Gasteiger charge is 2.12. The van der Waals surface area contributed by atoms with E-state index in [4.69, 9.17) is 15.7 Å². The Hall–Kier alpha value is -1.51. The Labute approximate surface area is 98.2 Å². The minimum Gasteiger partial charge on any atom is -0.396 e. The molecule has 0 saturated heterocycles. The summed E-state index contributed by atoms with van der Waals surface area (Å²) in [6.07, 6.45) is 1.43. The number of rotatable bonds is 7. The summed E-state index contributed by atoms with van der Waals surface area (Å²) in [5.41, 5.74) is 2.22. The van der Waals surface area contributed by atoms with Crippen LogP contribution in [0.25, 0.3) is 0 Å². The fourth-order valence-electron chi connectivity index (χ4n) is 1.29. The fraction of sp³-hybridized carbons (Fsp3) is 0.556. The summed E-state index contributed by atoms with van der Waals surface area (Å²) >= 11 is 0. The average molecular weight is 245 g/mol. The van der Waals surface area contributed by atoms with Crippen molar-refractivity contribution >= 4 is 11.8 Å². The maximum absolute atomic E-state index is 13.4. The summed E-state index contributed by atoms with van der Waals surface area (Å²) in [4.78, 5) is 7.44. The summed E-state index contributed by atoms with van der Waals surface area (Å²) in [5, 5.41) is 11.7. The molecule has 0 bridgehead atoms. The highest BCUT2D eigenvalue weighted by molar-refractivity contribution is 5.41. The minimum absolute atomic E-state index is 0.0171. The highest BCUT2D eigenvalue weighted by Crippen LogP contribution is 2.13. The molecule has 5 N–H and O–H groups in total. The van der Waals surface area contributed by atoms with E-state index in [1.807, 2.05) is 0 Å². The van der Waals surface area contributed by atoms with Gasteiger partial charge >= 0.3 is 0 Å². The van der Waals surface area contributed by atoms with Gasteiger partial charge in [0, 0.05) is 13.7 Å². The first kappa shape index (κ1) is 13.6. The van der Waals surface area contributed by atoms with Gasteiger partial charge in [0.05, 0.1) is 18.8 Å². The van der Waals surface area contributed by atoms with Gasteiger partial charge in [-0.25, -0.2) is 15.2 Å². The van der Waals surface area contributed by atoms with Crippen molar-refractivity contribution in [3.05, 3.63) is 12.0 Å². The van der Waals surface area contributed by atoms with Crippen LogP contribution in [0.4, 0.5) is 16.2 Å². The third-order valence-corrected chi connectivity index (χ3v) is 2.06. The van der Waals surface area contributed by atoms with Crippen molar-refractivity contribution in [2.75, 3.05) is 31.1 Å². The first-order valence-corrected chi connectivity index (χ1v) is 5.06. The standard InChI is InChI=1S/C9H16FN5O2/c1-17-5-6(2-3-16)13-8-7(10)4-12-9(14-8)15-11/h4,6,16H,2-3,5,11H2,1H3,(H2,12,13,14,15). The van der Waals surface area contributed by atoms with E-state index in [9.17, 15) is 4.39 Å². The monoisotopic (exact) mass is 245 g/mol. The van der Waals surface area contributed by atoms with E-state index in [0.29, 0.717) is 13.0 Å². The molecule has 1 rings (SSSR count). The largest absolute Gasteiger partial charge is 0.396 e. The average Bonchev–Trinajstić information content (AvgIpc) is 2.32. The third kappa shape index (κ3) is 4.10. The van der Waals surface area contributed by atoms with E-state index in [1.165, 1.54) is 7.11 Å². The van der Waals surface area contributed by atoms with Crippen LogP contribution in [0.5, 0.6) is 0 Å². The number of methoxy groups -OCH3 is 1. The zero-order chi connectivity index (χ0) is 12.7. The van der Waals surface area contributed by atoms with Crippen molar-refractivity contribution in [3.8, 4) is 0 Å². The number of aromatic nitrogens is 2. The van der Waals surface area contributed by atoms with Gasteiger partial charge in [-0.2, -0.15) is 4.98 Å². The number of nitrogens with zero attached hydrogens (tertiary/aromatic N) is 2. The maximum Gasteiger partial charge on any atom is 0.239 e. The van der Waals surface area contributed by atoms with Gasteiger partial charge in [0.1, 0.15) is 0 Å². The first-order valence-electron chi connectivity index (χ1n) is 5.06. The van der Waals surface area contributed by atoms with E-state index in [-0.39, 0.29) is 24.4 Å². The minimum atomic E-state index is -0.594. The Balaban J connectivity index is 2.76. The number of hydrazine groups is 1. The van der Waals surface area contributed by atoms with Gasteiger partial charge < -0.3 is 15.2 Å². The summed E-state index contributed by atoms with van der Waals surface area (Å²) < 4.78 is 18.3. The van der Waals surface area contributed by atoms with Crippen LogP contribution >= 0.6 is 0 Å². The molecule has 0 aliphatic rings. The van der Waals surface area contributed by atoms with Crippen molar-refractivity contribution < 1.29 is 14.2 Å². The summed E-state index contributed by atoms with van der Waals surface area (Å²) in [6, 6.07) is -0.236. The number of nitrogens with two attached hydrogens (primary N) is 1. The molecule has 1 atom stereocenters. The second-order valence-corrected chi connectivity index (χ2v) is 3.34. The van der Waals surface area contributed by atoms with Gasteiger partial charge in [-0.15, -0.1) is 0 Å². The number of aliphatic hydroxyl groups excluding tert-OH is 1. The molecule has 96 valence electrons. The number of hydrogen-bond donors (Lipinski definition) is 4. The molecule has 0 fully saturated rings. The topological polar surface area (TPSA) is 105 Å². The van der Waals surface area contributed by atoms with Gasteiger partial charge in [0.2, 0.25) is 5.95 Å². The van der Waals surface area contributed by atoms with Gasteiger partial charge in [-0.1, -0.05) is 0 Å². The van der Waals surface area contributed by atoms with Crippen LogP contribution in [0.15, 0.2) is 6.20 Å². The molecule has 1 unspecified atom stereocenters. The highest BCUT2D eigenvalue weighted by atomic mass is 19.1. The van der Waals surface area contributed by atoms with Crippen LogP contribution < -0.4 is 16.6 Å². The number of aliphatic hydroxyl groups is 1. The molecule has 0 amide bonds. The van der Waals surface area contributed by atoms with Crippen molar-refractivity contribution in [1.29, 1.82) is 0 Å². The fourth-order valence-corrected chi connectivity index (χ4v) is 1.29. The zero-order valence-electron chi connectivity index (χ0n) is 9.48. The lowest BCUT2D eigenvalue weighted by Crippen LogP contribution is -2.27. The summed E-state index contributed by atoms with van der Waals surface area (Å²) in [5.74, 6) is 4.66. The molecule has 0 radical (unpaired) electrons. The number of anilines is 2. The molecule has 17 heavy (non-hydrogen) atoms. The van der Waals surface area contributed by atoms with E-state index < -0.39 is 5.82 Å². The molecule has 0 aliphatic heterocycles. The third-order valence-electron chi connectivity index (χ3n) is 2.06. The predicted molar refractivity (Wildman–Crippen MR) is 60.8 cm³/mol. The van der Waals surface area contributed by atoms with Crippen molar-refractivity contribution in [2.24, 2.45) is 5.84 Å². The Kier molecular flexibility index (Phi) is 5.53. The number of ether oxygens (including phenoxy) is 1. The molecule has 8 heteroatoms. The molecule has 1 heterocycles. The van der Waals surface area contributed by atoms with Gasteiger partial charge in [-0.05, 0) is 6.42 Å². The quantitative estimate of drug-likeness (QED) is 0.386. The Morgan fingerprint density at radius 3 is 3.00 bits per heavy atom. The molecule has 0 aliphatic carbocycles. The number of hydrogen-bond acceptors (Lipinski definition) is 7. The zero-order valence-corrected chi connectivity index (χ0v) is 9.48. The summed E-state index contributed by atoms with van der Waals surface area (Å²) in [6.45, 7) is 0.297. The van der Waals surface area contributed by atoms with Crippen molar-refractivity contribution in [1.82, 2.24) is 9.97 Å². The molecule has 0 saturated carbocycles. The summed E-state index contributed by atoms with van der Waals surface area (Å²) in [7, 11) is 1.52. The predicted octanol–water partition coefficient (Wildman–Crippen LogP) is -0.289. The normalized spacial score (nSPS) is 12.2. The lowest BCUT2D eigenvalue weighted by atomic mass is 10.2. The maximum atomic E-state index is 13.4. The van der Waals surface area contributed by atoms with Crippen LogP contribution in [0.2, 0.25) is 0 Å². The van der Waals surface area contributed by atoms with Crippen LogP contribution in [-0.2, 0) is 4.74 Å². The number of nitrogen functional groups attached to an aromatic ring is 1. The van der Waals surface area contributed by atoms with E-state index in [1.54, 1.807) is 0 Å².